The third-order valence-corrected chi connectivity index (χ3v) is 5.59. The second-order valence-electron chi connectivity index (χ2n) is 8.04. The molecule has 0 aromatic rings. The lowest BCUT2D eigenvalue weighted by molar-refractivity contribution is -0.126. The highest BCUT2D eigenvalue weighted by atomic mass is 16.2. The van der Waals surface area contributed by atoms with Crippen molar-refractivity contribution in [1.29, 1.82) is 0 Å². The van der Waals surface area contributed by atoms with E-state index in [1.807, 2.05) is 39.6 Å². The molecule has 0 radical (unpaired) electrons. The van der Waals surface area contributed by atoms with Gasteiger partial charge in [-0.2, -0.15) is 0 Å². The average Bonchev–Trinajstić information content (AvgIpc) is 2.87. The molecular formula is C20H42N4O. The van der Waals surface area contributed by atoms with Crippen molar-refractivity contribution in [1.82, 2.24) is 20.0 Å². The van der Waals surface area contributed by atoms with E-state index < -0.39 is 0 Å². The molecule has 0 bridgehead atoms. The number of hydrogen-bond acceptors (Lipinski definition) is 4. The number of likely N-dealkylation sites (tertiary alicyclic amines) is 3. The molecule has 0 unspecified atom stereocenters. The molecule has 5 heteroatoms. The van der Waals surface area contributed by atoms with E-state index in [4.69, 9.17) is 0 Å². The lowest BCUT2D eigenvalue weighted by atomic mass is 9.74. The molecule has 0 atom stereocenters. The predicted octanol–water partition coefficient (Wildman–Crippen LogP) is 2.13. The summed E-state index contributed by atoms with van der Waals surface area (Å²) in [6, 6.07) is 0. The van der Waals surface area contributed by atoms with Crippen LogP contribution in [0.1, 0.15) is 47.0 Å². The SMILES string of the molecule is CC.CC.CN1CC2(CNC2)CC1=O.CN1CCCC2(C1)CN(C)C2. The smallest absolute Gasteiger partial charge is 0.223 e. The first kappa shape index (κ1) is 22.4. The van der Waals surface area contributed by atoms with E-state index in [1.165, 1.54) is 39.0 Å². The maximum Gasteiger partial charge on any atom is 0.223 e. The van der Waals surface area contributed by atoms with Gasteiger partial charge in [0.05, 0.1) is 0 Å². The number of nitrogens with one attached hydrogen (secondary N) is 1. The number of carbonyl (C=O) groups is 1. The molecule has 25 heavy (non-hydrogen) atoms. The number of nitrogens with zero attached hydrogens (tertiary/aromatic N) is 3. The van der Waals surface area contributed by atoms with Crippen molar-refractivity contribution in [2.24, 2.45) is 10.8 Å². The standard InChI is InChI=1S/C9H18N2.C7H12N2O.2C2H6/c1-10-5-3-4-9(6-10)7-11(2)8-9;1-9-5-7(2-6(9)10)3-8-4-7;2*1-2/h3-8H2,1-2H3;8H,2-5H2,1H3;2*1-2H3. The van der Waals surface area contributed by atoms with Crippen LogP contribution in [0.5, 0.6) is 0 Å². The van der Waals surface area contributed by atoms with Crippen LogP contribution in [-0.4, -0.2) is 87.6 Å². The van der Waals surface area contributed by atoms with E-state index in [-0.39, 0.29) is 0 Å². The molecule has 4 aliphatic rings. The Kier molecular flexibility index (Phi) is 8.85. The second kappa shape index (κ2) is 9.89. The Morgan fingerprint density at radius 3 is 1.72 bits per heavy atom. The Labute approximate surface area is 156 Å². The highest BCUT2D eigenvalue weighted by Crippen LogP contribution is 2.37. The van der Waals surface area contributed by atoms with Gasteiger partial charge in [-0.15, -0.1) is 0 Å². The van der Waals surface area contributed by atoms with Gasteiger partial charge in [-0.05, 0) is 33.5 Å². The van der Waals surface area contributed by atoms with Crippen LogP contribution < -0.4 is 5.32 Å². The summed E-state index contributed by atoms with van der Waals surface area (Å²) in [5.41, 5.74) is 1.02. The molecule has 0 aromatic heterocycles. The fraction of sp³-hybridized carbons (Fsp3) is 0.950. The van der Waals surface area contributed by atoms with Crippen molar-refractivity contribution in [2.75, 3.05) is 67.0 Å². The number of piperidine rings is 1. The molecular weight excluding hydrogens is 312 g/mol. The Morgan fingerprint density at radius 1 is 0.840 bits per heavy atom. The van der Waals surface area contributed by atoms with Crippen LogP contribution in [-0.2, 0) is 4.79 Å². The lowest BCUT2D eigenvalue weighted by Gasteiger charge is -2.53. The Balaban J connectivity index is 0.000000210. The quantitative estimate of drug-likeness (QED) is 0.723. The minimum atomic E-state index is 0.307. The minimum absolute atomic E-state index is 0.307. The molecule has 4 saturated heterocycles. The van der Waals surface area contributed by atoms with E-state index in [1.54, 1.807) is 0 Å². The number of hydrogen-bond donors (Lipinski definition) is 1. The number of rotatable bonds is 0. The van der Waals surface area contributed by atoms with Crippen molar-refractivity contribution in [2.45, 2.75) is 47.0 Å². The maximum atomic E-state index is 11.1. The molecule has 2 spiro atoms. The zero-order valence-electron chi connectivity index (χ0n) is 17.8. The first-order valence-corrected chi connectivity index (χ1v) is 10.2. The van der Waals surface area contributed by atoms with Gasteiger partial charge in [-0.1, -0.05) is 27.7 Å². The van der Waals surface area contributed by atoms with E-state index in [0.29, 0.717) is 16.7 Å². The topological polar surface area (TPSA) is 38.8 Å². The van der Waals surface area contributed by atoms with Crippen LogP contribution in [0.2, 0.25) is 0 Å². The average molecular weight is 355 g/mol. The molecule has 4 rings (SSSR count). The summed E-state index contributed by atoms with van der Waals surface area (Å²) in [5.74, 6) is 0.307. The van der Waals surface area contributed by atoms with Crippen LogP contribution in [0.3, 0.4) is 0 Å². The molecule has 4 fully saturated rings. The summed E-state index contributed by atoms with van der Waals surface area (Å²) in [6.45, 7) is 16.3. The van der Waals surface area contributed by atoms with Gasteiger partial charge in [-0.25, -0.2) is 0 Å². The zero-order valence-corrected chi connectivity index (χ0v) is 17.8. The summed E-state index contributed by atoms with van der Waals surface area (Å²) in [6.07, 6.45) is 3.63. The van der Waals surface area contributed by atoms with Gasteiger partial charge in [0.1, 0.15) is 0 Å². The van der Waals surface area contributed by atoms with Gasteiger partial charge in [0.15, 0.2) is 0 Å². The van der Waals surface area contributed by atoms with Crippen LogP contribution in [0.15, 0.2) is 0 Å². The van der Waals surface area contributed by atoms with Crippen LogP contribution in [0.25, 0.3) is 0 Å². The molecule has 1 amide bonds. The van der Waals surface area contributed by atoms with Crippen molar-refractivity contribution < 1.29 is 4.79 Å². The summed E-state index contributed by atoms with van der Waals surface area (Å²) in [4.78, 5) is 17.8. The Bertz CT molecular complexity index is 397. The van der Waals surface area contributed by atoms with Gasteiger partial charge in [0.25, 0.3) is 0 Å². The van der Waals surface area contributed by atoms with Gasteiger partial charge in [0.2, 0.25) is 5.91 Å². The number of carbonyl (C=O) groups excluding carboxylic acids is 1. The van der Waals surface area contributed by atoms with E-state index in [0.717, 1.165) is 26.1 Å². The second-order valence-corrected chi connectivity index (χ2v) is 8.04. The molecule has 4 heterocycles. The largest absolute Gasteiger partial charge is 0.345 e. The highest BCUT2D eigenvalue weighted by Gasteiger charge is 2.46. The van der Waals surface area contributed by atoms with Gasteiger partial charge in [-0.3, -0.25) is 4.79 Å². The van der Waals surface area contributed by atoms with Crippen molar-refractivity contribution in [3.8, 4) is 0 Å². The van der Waals surface area contributed by atoms with Crippen molar-refractivity contribution in [3.05, 3.63) is 0 Å². The van der Waals surface area contributed by atoms with Gasteiger partial charge >= 0.3 is 0 Å². The van der Waals surface area contributed by atoms with E-state index in [9.17, 15) is 4.79 Å². The lowest BCUT2D eigenvalue weighted by Crippen LogP contribution is -2.60. The minimum Gasteiger partial charge on any atom is -0.345 e. The molecule has 0 aromatic carbocycles. The maximum absolute atomic E-state index is 11.1. The van der Waals surface area contributed by atoms with Crippen LogP contribution in [0.4, 0.5) is 0 Å². The Morgan fingerprint density at radius 2 is 1.40 bits per heavy atom. The highest BCUT2D eigenvalue weighted by molar-refractivity contribution is 5.79. The van der Waals surface area contributed by atoms with E-state index in [2.05, 4.69) is 29.2 Å². The molecule has 1 N–H and O–H groups in total. The monoisotopic (exact) mass is 354 g/mol. The van der Waals surface area contributed by atoms with Crippen LogP contribution >= 0.6 is 0 Å². The van der Waals surface area contributed by atoms with Gasteiger partial charge in [0, 0.05) is 63.6 Å². The summed E-state index contributed by atoms with van der Waals surface area (Å²) in [5, 5.41) is 3.21. The first-order chi connectivity index (χ1) is 11.9. The fourth-order valence-corrected chi connectivity index (χ4v) is 4.63. The summed E-state index contributed by atoms with van der Waals surface area (Å²) in [7, 11) is 6.36. The van der Waals surface area contributed by atoms with Crippen molar-refractivity contribution in [3.63, 3.8) is 0 Å². The molecule has 148 valence electrons. The molecule has 0 saturated carbocycles. The third kappa shape index (κ3) is 5.66. The molecule has 0 aliphatic carbocycles. The zero-order chi connectivity index (χ0) is 19.1. The Hall–Kier alpha value is -0.650. The van der Waals surface area contributed by atoms with Crippen LogP contribution in [0, 0.1) is 10.8 Å². The normalized spacial score (nSPS) is 26.4. The van der Waals surface area contributed by atoms with Gasteiger partial charge < -0.3 is 20.0 Å². The third-order valence-electron chi connectivity index (χ3n) is 5.59. The number of amides is 1. The predicted molar refractivity (Wildman–Crippen MR) is 107 cm³/mol. The molecule has 5 nitrogen and oxygen atoms in total. The summed E-state index contributed by atoms with van der Waals surface area (Å²) >= 11 is 0. The van der Waals surface area contributed by atoms with E-state index >= 15 is 0 Å². The molecule has 4 aliphatic heterocycles. The first-order valence-electron chi connectivity index (χ1n) is 10.2. The van der Waals surface area contributed by atoms with Crippen molar-refractivity contribution >= 4 is 5.91 Å². The summed E-state index contributed by atoms with van der Waals surface area (Å²) < 4.78 is 0. The fourth-order valence-electron chi connectivity index (χ4n) is 4.63.